The first kappa shape index (κ1) is 9.75. The molecule has 0 aliphatic carbocycles. The molecular formula is C12H14O. The summed E-state index contributed by atoms with van der Waals surface area (Å²) in [5, 5.41) is 9.40. The van der Waals surface area contributed by atoms with Crippen LogP contribution < -0.4 is 0 Å². The number of hydrogen-bond donors (Lipinski definition) is 1. The van der Waals surface area contributed by atoms with E-state index >= 15 is 0 Å². The Morgan fingerprint density at radius 3 is 2.54 bits per heavy atom. The van der Waals surface area contributed by atoms with Crippen molar-refractivity contribution >= 4 is 6.08 Å². The lowest BCUT2D eigenvalue weighted by molar-refractivity contribution is 0.260. The minimum absolute atomic E-state index is 0.541. The molecule has 1 aromatic carbocycles. The van der Waals surface area contributed by atoms with Crippen LogP contribution in [0.4, 0.5) is 0 Å². The Balaban J connectivity index is 2.64. The first-order valence-corrected chi connectivity index (χ1v) is 4.27. The van der Waals surface area contributed by atoms with E-state index < -0.39 is 6.10 Å². The molecule has 0 unspecified atom stereocenters. The molecule has 0 saturated heterocycles. The highest BCUT2D eigenvalue weighted by Crippen LogP contribution is 2.05. The van der Waals surface area contributed by atoms with Crippen molar-refractivity contribution in [2.75, 3.05) is 0 Å². The Labute approximate surface area is 79.0 Å². The number of benzene rings is 1. The zero-order chi connectivity index (χ0) is 9.68. The summed E-state index contributed by atoms with van der Waals surface area (Å²) >= 11 is 0. The molecule has 0 bridgehead atoms. The van der Waals surface area contributed by atoms with E-state index in [0.717, 1.165) is 11.1 Å². The second-order valence-electron chi connectivity index (χ2n) is 3.06. The standard InChI is InChI=1S/C12H14O/c1-10(2)12(13)9-8-11-6-4-3-5-7-11/h3-9,12-13H,1H2,2H3/b9-8+/t12-/m0/s1. The number of rotatable bonds is 3. The lowest BCUT2D eigenvalue weighted by Crippen LogP contribution is -2.01. The lowest BCUT2D eigenvalue weighted by Gasteiger charge is -2.02. The van der Waals surface area contributed by atoms with Crippen molar-refractivity contribution in [3.8, 4) is 0 Å². The first-order valence-electron chi connectivity index (χ1n) is 4.27. The van der Waals surface area contributed by atoms with Crippen molar-refractivity contribution < 1.29 is 5.11 Å². The SMILES string of the molecule is C=C(C)[C@@H](O)/C=C/c1ccccc1. The third kappa shape index (κ3) is 3.26. The van der Waals surface area contributed by atoms with E-state index in [-0.39, 0.29) is 0 Å². The highest BCUT2D eigenvalue weighted by molar-refractivity contribution is 5.49. The van der Waals surface area contributed by atoms with Gasteiger partial charge in [0.2, 0.25) is 0 Å². The van der Waals surface area contributed by atoms with Gasteiger partial charge in [-0.1, -0.05) is 49.1 Å². The number of aliphatic hydroxyl groups excluding tert-OH is 1. The summed E-state index contributed by atoms with van der Waals surface area (Å²) in [7, 11) is 0. The fourth-order valence-electron chi connectivity index (χ4n) is 0.931. The van der Waals surface area contributed by atoms with Gasteiger partial charge in [0, 0.05) is 0 Å². The van der Waals surface area contributed by atoms with Gasteiger partial charge in [0.25, 0.3) is 0 Å². The van der Waals surface area contributed by atoms with E-state index in [1.54, 1.807) is 13.0 Å². The van der Waals surface area contributed by atoms with E-state index in [0.29, 0.717) is 0 Å². The van der Waals surface area contributed by atoms with Crippen LogP contribution in [0.1, 0.15) is 12.5 Å². The molecule has 68 valence electrons. The predicted molar refractivity (Wildman–Crippen MR) is 56.3 cm³/mol. The van der Waals surface area contributed by atoms with Gasteiger partial charge in [0.1, 0.15) is 0 Å². The van der Waals surface area contributed by atoms with E-state index in [2.05, 4.69) is 6.58 Å². The maximum Gasteiger partial charge on any atom is 0.0929 e. The van der Waals surface area contributed by atoms with E-state index in [1.807, 2.05) is 36.4 Å². The van der Waals surface area contributed by atoms with Crippen LogP contribution in [0.2, 0.25) is 0 Å². The molecule has 0 radical (unpaired) electrons. The van der Waals surface area contributed by atoms with Crippen molar-refractivity contribution in [1.82, 2.24) is 0 Å². The predicted octanol–water partition coefficient (Wildman–Crippen LogP) is 2.64. The zero-order valence-electron chi connectivity index (χ0n) is 7.77. The average Bonchev–Trinajstić information content (AvgIpc) is 2.15. The normalized spacial score (nSPS) is 13.1. The van der Waals surface area contributed by atoms with Crippen LogP contribution in [0, 0.1) is 0 Å². The van der Waals surface area contributed by atoms with Crippen molar-refractivity contribution in [2.24, 2.45) is 0 Å². The van der Waals surface area contributed by atoms with Gasteiger partial charge in [-0.25, -0.2) is 0 Å². The van der Waals surface area contributed by atoms with Gasteiger partial charge >= 0.3 is 0 Å². The number of aliphatic hydroxyl groups is 1. The van der Waals surface area contributed by atoms with Crippen molar-refractivity contribution in [3.05, 3.63) is 54.1 Å². The molecule has 0 aliphatic rings. The molecule has 1 atom stereocenters. The second-order valence-corrected chi connectivity index (χ2v) is 3.06. The molecule has 1 heteroatoms. The fraction of sp³-hybridized carbons (Fsp3) is 0.167. The highest BCUT2D eigenvalue weighted by Gasteiger charge is 1.96. The van der Waals surface area contributed by atoms with Gasteiger partial charge in [-0.2, -0.15) is 0 Å². The van der Waals surface area contributed by atoms with E-state index in [9.17, 15) is 5.11 Å². The third-order valence-corrected chi connectivity index (χ3v) is 1.78. The molecule has 1 nitrogen and oxygen atoms in total. The summed E-state index contributed by atoms with van der Waals surface area (Å²) in [6.07, 6.45) is 3.08. The Morgan fingerprint density at radius 2 is 2.00 bits per heavy atom. The molecule has 0 saturated carbocycles. The van der Waals surface area contributed by atoms with Crippen LogP contribution >= 0.6 is 0 Å². The molecule has 1 N–H and O–H groups in total. The summed E-state index contributed by atoms with van der Waals surface area (Å²) < 4.78 is 0. The monoisotopic (exact) mass is 174 g/mol. The van der Waals surface area contributed by atoms with Crippen LogP contribution in [-0.4, -0.2) is 11.2 Å². The van der Waals surface area contributed by atoms with E-state index in [1.165, 1.54) is 0 Å². The summed E-state index contributed by atoms with van der Waals surface area (Å²) in [4.78, 5) is 0. The summed E-state index contributed by atoms with van der Waals surface area (Å²) in [5.41, 5.74) is 1.84. The van der Waals surface area contributed by atoms with Gasteiger partial charge in [0.15, 0.2) is 0 Å². The first-order chi connectivity index (χ1) is 6.20. The Morgan fingerprint density at radius 1 is 1.38 bits per heavy atom. The van der Waals surface area contributed by atoms with Gasteiger partial charge in [-0.05, 0) is 18.1 Å². The van der Waals surface area contributed by atoms with Gasteiger partial charge in [-0.3, -0.25) is 0 Å². The van der Waals surface area contributed by atoms with Crippen LogP contribution in [0.25, 0.3) is 6.08 Å². The molecule has 0 aliphatic heterocycles. The van der Waals surface area contributed by atoms with Crippen molar-refractivity contribution in [3.63, 3.8) is 0 Å². The highest BCUT2D eigenvalue weighted by atomic mass is 16.3. The minimum atomic E-state index is -0.541. The molecule has 0 heterocycles. The van der Waals surface area contributed by atoms with Crippen LogP contribution in [0.5, 0.6) is 0 Å². The second kappa shape index (κ2) is 4.63. The van der Waals surface area contributed by atoms with Crippen molar-refractivity contribution in [1.29, 1.82) is 0 Å². The average molecular weight is 174 g/mol. The molecule has 1 aromatic rings. The summed E-state index contributed by atoms with van der Waals surface area (Å²) in [6.45, 7) is 5.47. The molecule has 0 amide bonds. The molecule has 0 spiro atoms. The van der Waals surface area contributed by atoms with Crippen molar-refractivity contribution in [2.45, 2.75) is 13.0 Å². The Hall–Kier alpha value is -1.34. The molecule has 0 fully saturated rings. The van der Waals surface area contributed by atoms with Crippen LogP contribution in [0.15, 0.2) is 48.6 Å². The molecule has 1 rings (SSSR count). The molecule has 13 heavy (non-hydrogen) atoms. The fourth-order valence-corrected chi connectivity index (χ4v) is 0.931. The third-order valence-electron chi connectivity index (χ3n) is 1.78. The topological polar surface area (TPSA) is 20.2 Å². The van der Waals surface area contributed by atoms with Gasteiger partial charge in [0.05, 0.1) is 6.10 Å². The van der Waals surface area contributed by atoms with Gasteiger partial charge in [-0.15, -0.1) is 0 Å². The number of hydrogen-bond acceptors (Lipinski definition) is 1. The quantitative estimate of drug-likeness (QED) is 0.698. The van der Waals surface area contributed by atoms with Crippen LogP contribution in [0.3, 0.4) is 0 Å². The Bertz CT molecular complexity index is 298. The summed E-state index contributed by atoms with van der Waals surface area (Å²) in [6, 6.07) is 9.87. The van der Waals surface area contributed by atoms with Crippen LogP contribution in [-0.2, 0) is 0 Å². The van der Waals surface area contributed by atoms with Gasteiger partial charge < -0.3 is 5.11 Å². The zero-order valence-corrected chi connectivity index (χ0v) is 7.77. The maximum absolute atomic E-state index is 9.40. The van der Waals surface area contributed by atoms with E-state index in [4.69, 9.17) is 0 Å². The Kier molecular flexibility index (Phi) is 3.47. The minimum Gasteiger partial charge on any atom is -0.385 e. The lowest BCUT2D eigenvalue weighted by atomic mass is 10.1. The largest absolute Gasteiger partial charge is 0.385 e. The smallest absolute Gasteiger partial charge is 0.0929 e. The summed E-state index contributed by atoms with van der Waals surface area (Å²) in [5.74, 6) is 0. The maximum atomic E-state index is 9.40. The molecular weight excluding hydrogens is 160 g/mol. The molecule has 0 aromatic heterocycles.